The number of non-ortho nitro benzene ring substituents is 1. The van der Waals surface area contributed by atoms with Crippen molar-refractivity contribution in [1.82, 2.24) is 4.57 Å². The monoisotopic (exact) mass is 438 g/mol. The van der Waals surface area contributed by atoms with E-state index in [1.54, 1.807) is 30.3 Å². The van der Waals surface area contributed by atoms with Gasteiger partial charge in [-0.05, 0) is 29.8 Å². The van der Waals surface area contributed by atoms with E-state index in [0.29, 0.717) is 11.3 Å². The van der Waals surface area contributed by atoms with E-state index in [2.05, 4.69) is 0 Å². The average molecular weight is 438 g/mol. The van der Waals surface area contributed by atoms with Crippen LogP contribution in [0.1, 0.15) is 31.2 Å². The Hall–Kier alpha value is -4.47. The SMILES string of the molecule is COC(=O)c1c(C(=O)OC)c(-c2ccc([N+](=O)[O-])cc2)n(-c2ccccc2)c1C(=O)OC. The Bertz CT molecular complexity index is 1200. The highest BCUT2D eigenvalue weighted by Crippen LogP contribution is 2.37. The number of carbonyl (C=O) groups is 3. The summed E-state index contributed by atoms with van der Waals surface area (Å²) in [5.41, 5.74) is -0.145. The Kier molecular flexibility index (Phi) is 6.34. The number of para-hydroxylation sites is 1. The first-order valence-electron chi connectivity index (χ1n) is 9.19. The molecule has 0 aliphatic heterocycles. The van der Waals surface area contributed by atoms with Crippen molar-refractivity contribution in [3.8, 4) is 16.9 Å². The minimum Gasteiger partial charge on any atom is -0.465 e. The predicted molar refractivity (Wildman–Crippen MR) is 112 cm³/mol. The number of rotatable bonds is 6. The van der Waals surface area contributed by atoms with Gasteiger partial charge in [0, 0.05) is 17.8 Å². The number of benzene rings is 2. The van der Waals surface area contributed by atoms with Crippen LogP contribution < -0.4 is 0 Å². The van der Waals surface area contributed by atoms with Crippen molar-refractivity contribution < 1.29 is 33.5 Å². The summed E-state index contributed by atoms with van der Waals surface area (Å²) >= 11 is 0. The fourth-order valence-corrected chi connectivity index (χ4v) is 3.31. The predicted octanol–water partition coefficient (Wildman–Crippen LogP) is 3.41. The lowest BCUT2D eigenvalue weighted by Crippen LogP contribution is -2.16. The van der Waals surface area contributed by atoms with Crippen LogP contribution in [0.3, 0.4) is 0 Å². The number of ether oxygens (including phenoxy) is 3. The molecule has 10 nitrogen and oxygen atoms in total. The summed E-state index contributed by atoms with van der Waals surface area (Å²) in [5.74, 6) is -2.75. The Balaban J connectivity index is 2.53. The molecule has 1 heterocycles. The normalized spacial score (nSPS) is 10.3. The highest BCUT2D eigenvalue weighted by atomic mass is 16.6. The van der Waals surface area contributed by atoms with Crippen molar-refractivity contribution in [2.75, 3.05) is 21.3 Å². The van der Waals surface area contributed by atoms with Crippen molar-refractivity contribution in [3.63, 3.8) is 0 Å². The molecule has 32 heavy (non-hydrogen) atoms. The molecule has 1 aromatic heterocycles. The molecular weight excluding hydrogens is 420 g/mol. The number of carbonyl (C=O) groups excluding carboxylic acids is 3. The zero-order chi connectivity index (χ0) is 23.4. The lowest BCUT2D eigenvalue weighted by molar-refractivity contribution is -0.384. The molecule has 0 unspecified atom stereocenters. The number of hydrogen-bond acceptors (Lipinski definition) is 8. The number of methoxy groups -OCH3 is 3. The van der Waals surface area contributed by atoms with Gasteiger partial charge in [-0.2, -0.15) is 0 Å². The molecule has 0 fully saturated rings. The molecule has 0 N–H and O–H groups in total. The smallest absolute Gasteiger partial charge is 0.355 e. The van der Waals surface area contributed by atoms with Crippen LogP contribution in [-0.4, -0.2) is 48.7 Å². The summed E-state index contributed by atoms with van der Waals surface area (Å²) in [6.45, 7) is 0. The fraction of sp³-hybridized carbons (Fsp3) is 0.136. The van der Waals surface area contributed by atoms with E-state index in [1.165, 1.54) is 28.8 Å². The van der Waals surface area contributed by atoms with E-state index in [4.69, 9.17) is 14.2 Å². The third-order valence-electron chi connectivity index (χ3n) is 4.69. The van der Waals surface area contributed by atoms with E-state index in [-0.39, 0.29) is 28.2 Å². The lowest BCUT2D eigenvalue weighted by Gasteiger charge is -2.13. The first kappa shape index (κ1) is 22.2. The van der Waals surface area contributed by atoms with Gasteiger partial charge in [-0.15, -0.1) is 0 Å². The Morgan fingerprint density at radius 3 is 1.81 bits per heavy atom. The van der Waals surface area contributed by atoms with Gasteiger partial charge in [0.15, 0.2) is 0 Å². The van der Waals surface area contributed by atoms with Crippen molar-refractivity contribution in [2.45, 2.75) is 0 Å². The van der Waals surface area contributed by atoms with E-state index < -0.39 is 22.8 Å². The van der Waals surface area contributed by atoms with Crippen LogP contribution >= 0.6 is 0 Å². The molecule has 0 spiro atoms. The van der Waals surface area contributed by atoms with Crippen molar-refractivity contribution >= 4 is 23.6 Å². The maximum absolute atomic E-state index is 12.8. The highest BCUT2D eigenvalue weighted by Gasteiger charge is 2.37. The molecule has 0 saturated carbocycles. The highest BCUT2D eigenvalue weighted by molar-refractivity contribution is 6.14. The van der Waals surface area contributed by atoms with Crippen LogP contribution in [0, 0.1) is 10.1 Å². The summed E-state index contributed by atoms with van der Waals surface area (Å²) in [7, 11) is 3.37. The van der Waals surface area contributed by atoms with Gasteiger partial charge in [0.25, 0.3) is 5.69 Å². The number of nitro groups is 1. The number of nitro benzene ring substituents is 1. The number of esters is 3. The van der Waals surface area contributed by atoms with Gasteiger partial charge in [0.05, 0.1) is 31.9 Å². The molecule has 10 heteroatoms. The summed E-state index contributed by atoms with van der Waals surface area (Å²) in [4.78, 5) is 48.9. The Labute approximate surface area is 182 Å². The first-order valence-corrected chi connectivity index (χ1v) is 9.19. The molecular formula is C22H18N2O8. The van der Waals surface area contributed by atoms with Crippen molar-refractivity contribution in [3.05, 3.63) is 81.5 Å². The second kappa shape index (κ2) is 9.13. The molecule has 0 aliphatic carbocycles. The van der Waals surface area contributed by atoms with Crippen molar-refractivity contribution in [1.29, 1.82) is 0 Å². The second-order valence-corrected chi connectivity index (χ2v) is 6.40. The lowest BCUT2D eigenvalue weighted by atomic mass is 10.0. The molecule has 3 rings (SSSR count). The molecule has 0 radical (unpaired) electrons. The Morgan fingerprint density at radius 1 is 0.781 bits per heavy atom. The number of aromatic nitrogens is 1. The quantitative estimate of drug-likeness (QED) is 0.248. The van der Waals surface area contributed by atoms with Crippen LogP contribution in [0.25, 0.3) is 16.9 Å². The molecule has 0 saturated heterocycles. The summed E-state index contributed by atoms with van der Waals surface area (Å²) in [6, 6.07) is 13.8. The maximum atomic E-state index is 12.8. The molecule has 164 valence electrons. The summed E-state index contributed by atoms with van der Waals surface area (Å²) < 4.78 is 16.0. The van der Waals surface area contributed by atoms with E-state index in [1.807, 2.05) is 0 Å². The number of nitrogens with zero attached hydrogens (tertiary/aromatic N) is 2. The Morgan fingerprint density at radius 2 is 1.31 bits per heavy atom. The van der Waals surface area contributed by atoms with Crippen LogP contribution in [0.4, 0.5) is 5.69 Å². The third-order valence-corrected chi connectivity index (χ3v) is 4.69. The fourth-order valence-electron chi connectivity index (χ4n) is 3.31. The van der Waals surface area contributed by atoms with E-state index in [9.17, 15) is 24.5 Å². The first-order chi connectivity index (χ1) is 15.3. The zero-order valence-electron chi connectivity index (χ0n) is 17.4. The van der Waals surface area contributed by atoms with Gasteiger partial charge in [-0.3, -0.25) is 10.1 Å². The van der Waals surface area contributed by atoms with E-state index in [0.717, 1.165) is 21.3 Å². The molecule has 2 aromatic carbocycles. The molecule has 3 aromatic rings. The van der Waals surface area contributed by atoms with Gasteiger partial charge in [0.2, 0.25) is 0 Å². The average Bonchev–Trinajstić information content (AvgIpc) is 3.19. The topological polar surface area (TPSA) is 127 Å². The zero-order valence-corrected chi connectivity index (χ0v) is 17.4. The maximum Gasteiger partial charge on any atom is 0.355 e. The largest absolute Gasteiger partial charge is 0.465 e. The van der Waals surface area contributed by atoms with Crippen LogP contribution in [0.5, 0.6) is 0 Å². The molecule has 0 bridgehead atoms. The van der Waals surface area contributed by atoms with Gasteiger partial charge in [-0.1, -0.05) is 18.2 Å². The number of hydrogen-bond donors (Lipinski definition) is 0. The van der Waals surface area contributed by atoms with Crippen LogP contribution in [0.15, 0.2) is 54.6 Å². The third kappa shape index (κ3) is 3.81. The van der Waals surface area contributed by atoms with E-state index >= 15 is 0 Å². The minimum atomic E-state index is -0.955. The molecule has 0 amide bonds. The van der Waals surface area contributed by atoms with Gasteiger partial charge >= 0.3 is 17.9 Å². The van der Waals surface area contributed by atoms with Crippen LogP contribution in [0.2, 0.25) is 0 Å². The van der Waals surface area contributed by atoms with Gasteiger partial charge in [0.1, 0.15) is 16.8 Å². The molecule has 0 atom stereocenters. The van der Waals surface area contributed by atoms with Crippen LogP contribution in [-0.2, 0) is 14.2 Å². The summed E-state index contributed by atoms with van der Waals surface area (Å²) in [6.07, 6.45) is 0. The van der Waals surface area contributed by atoms with Gasteiger partial charge in [-0.25, -0.2) is 14.4 Å². The van der Waals surface area contributed by atoms with Gasteiger partial charge < -0.3 is 18.8 Å². The standard InChI is InChI=1S/C22H18N2O8/c1-30-20(25)16-17(21(26)31-2)19(22(27)32-3)23(14-7-5-4-6-8-14)18(16)13-9-11-15(12-10-13)24(28)29/h4-12H,1-3H3. The minimum absolute atomic E-state index is 0.110. The second-order valence-electron chi connectivity index (χ2n) is 6.40. The van der Waals surface area contributed by atoms with Crippen molar-refractivity contribution in [2.24, 2.45) is 0 Å². The molecule has 0 aliphatic rings. The summed E-state index contributed by atoms with van der Waals surface area (Å²) in [5, 5.41) is 11.1.